The van der Waals surface area contributed by atoms with Gasteiger partial charge in [-0.2, -0.15) is 0 Å². The van der Waals surface area contributed by atoms with Crippen molar-refractivity contribution in [3.8, 4) is 5.75 Å². The zero-order valence-corrected chi connectivity index (χ0v) is 14.6. The first-order valence-electron chi connectivity index (χ1n) is 8.68. The van der Waals surface area contributed by atoms with Crippen LogP contribution in [0.5, 0.6) is 5.75 Å². The predicted octanol–water partition coefficient (Wildman–Crippen LogP) is 3.34. The number of nitrogens with zero attached hydrogens (tertiary/aromatic N) is 2. The van der Waals surface area contributed by atoms with Crippen LogP contribution in [0.4, 0.5) is 10.5 Å². The molecule has 0 unspecified atom stereocenters. The number of rotatable bonds is 6. The minimum Gasteiger partial charge on any atom is -0.489 e. The Hall–Kier alpha value is -2.01. The largest absolute Gasteiger partial charge is 0.489 e. The first kappa shape index (κ1) is 16.8. The second-order valence-electron chi connectivity index (χ2n) is 6.98. The molecule has 5 heteroatoms. The summed E-state index contributed by atoms with van der Waals surface area (Å²) in [6.07, 6.45) is 3.70. The van der Waals surface area contributed by atoms with E-state index in [1.165, 1.54) is 12.8 Å². The maximum absolute atomic E-state index is 12.5. The summed E-state index contributed by atoms with van der Waals surface area (Å²) in [5.41, 5.74) is 1.72. The number of benzene rings is 1. The molecule has 1 saturated heterocycles. The number of likely N-dealkylation sites (N-methyl/N-ethyl adjacent to an activating group) is 1. The highest BCUT2D eigenvalue weighted by Gasteiger charge is 2.36. The third-order valence-electron chi connectivity index (χ3n) is 4.70. The highest BCUT2D eigenvalue weighted by Crippen LogP contribution is 2.31. The van der Waals surface area contributed by atoms with Crippen molar-refractivity contribution in [2.24, 2.45) is 0 Å². The van der Waals surface area contributed by atoms with Crippen molar-refractivity contribution in [3.05, 3.63) is 36.4 Å². The number of urea groups is 1. The summed E-state index contributed by atoms with van der Waals surface area (Å²) in [7, 11) is 1.89. The van der Waals surface area contributed by atoms with E-state index in [9.17, 15) is 4.79 Å². The van der Waals surface area contributed by atoms with Gasteiger partial charge < -0.3 is 15.0 Å². The van der Waals surface area contributed by atoms with E-state index in [-0.39, 0.29) is 6.03 Å². The third kappa shape index (κ3) is 4.29. The fourth-order valence-corrected chi connectivity index (χ4v) is 3.10. The van der Waals surface area contributed by atoms with Crippen LogP contribution in [-0.4, -0.2) is 54.7 Å². The highest BCUT2D eigenvalue weighted by molar-refractivity contribution is 5.89. The van der Waals surface area contributed by atoms with Crippen molar-refractivity contribution in [2.75, 3.05) is 32.1 Å². The molecule has 1 aromatic carbocycles. The van der Waals surface area contributed by atoms with E-state index in [4.69, 9.17) is 4.74 Å². The molecule has 24 heavy (non-hydrogen) atoms. The number of carbonyl (C=O) groups excluding carboxylic acids is 1. The molecule has 2 aliphatic rings. The van der Waals surface area contributed by atoms with E-state index in [0.717, 1.165) is 42.6 Å². The van der Waals surface area contributed by atoms with E-state index < -0.39 is 0 Å². The molecule has 0 spiro atoms. The molecular formula is C19H27N3O2. The first-order chi connectivity index (χ1) is 11.5. The summed E-state index contributed by atoms with van der Waals surface area (Å²) in [5.74, 6) is 0.735. The summed E-state index contributed by atoms with van der Waals surface area (Å²) >= 11 is 0. The van der Waals surface area contributed by atoms with Crippen LogP contribution in [-0.2, 0) is 0 Å². The zero-order valence-electron chi connectivity index (χ0n) is 14.6. The van der Waals surface area contributed by atoms with E-state index in [2.05, 4.69) is 16.8 Å². The van der Waals surface area contributed by atoms with Gasteiger partial charge in [0, 0.05) is 44.0 Å². The summed E-state index contributed by atoms with van der Waals surface area (Å²) in [6.45, 7) is 8.34. The Morgan fingerprint density at radius 1 is 1.42 bits per heavy atom. The van der Waals surface area contributed by atoms with Gasteiger partial charge in [0.1, 0.15) is 12.4 Å². The predicted molar refractivity (Wildman–Crippen MR) is 96.5 cm³/mol. The molecule has 1 aliphatic carbocycles. The van der Waals surface area contributed by atoms with Gasteiger partial charge in [0.05, 0.1) is 0 Å². The van der Waals surface area contributed by atoms with Gasteiger partial charge in [0.2, 0.25) is 0 Å². The average molecular weight is 329 g/mol. The van der Waals surface area contributed by atoms with Crippen LogP contribution in [0.15, 0.2) is 36.4 Å². The summed E-state index contributed by atoms with van der Waals surface area (Å²) in [6, 6.07) is 8.50. The quantitative estimate of drug-likeness (QED) is 0.814. The van der Waals surface area contributed by atoms with E-state index >= 15 is 0 Å². The highest BCUT2D eigenvalue weighted by atomic mass is 16.5. The molecule has 2 amide bonds. The molecule has 1 N–H and O–H groups in total. The molecule has 5 nitrogen and oxygen atoms in total. The second-order valence-corrected chi connectivity index (χ2v) is 6.98. The molecule has 3 rings (SSSR count). The van der Waals surface area contributed by atoms with Crippen LogP contribution in [0.1, 0.15) is 26.2 Å². The number of nitrogens with one attached hydrogen (secondary N) is 1. The van der Waals surface area contributed by atoms with Crippen molar-refractivity contribution in [1.82, 2.24) is 9.80 Å². The topological polar surface area (TPSA) is 44.8 Å². The summed E-state index contributed by atoms with van der Waals surface area (Å²) < 4.78 is 5.63. The minimum atomic E-state index is -0.0605. The van der Waals surface area contributed by atoms with Crippen molar-refractivity contribution >= 4 is 11.7 Å². The second kappa shape index (κ2) is 7.26. The number of hydrogen-bond donors (Lipinski definition) is 1. The van der Waals surface area contributed by atoms with Crippen molar-refractivity contribution in [2.45, 2.75) is 38.3 Å². The molecule has 1 atom stereocenters. The van der Waals surface area contributed by atoms with Crippen LogP contribution >= 0.6 is 0 Å². The van der Waals surface area contributed by atoms with Gasteiger partial charge in [-0.15, -0.1) is 0 Å². The third-order valence-corrected chi connectivity index (χ3v) is 4.70. The molecule has 1 aromatic rings. The van der Waals surface area contributed by atoms with Crippen LogP contribution in [0.2, 0.25) is 0 Å². The maximum Gasteiger partial charge on any atom is 0.321 e. The zero-order chi connectivity index (χ0) is 17.1. The maximum atomic E-state index is 12.5. The summed E-state index contributed by atoms with van der Waals surface area (Å²) in [4.78, 5) is 16.9. The van der Waals surface area contributed by atoms with Crippen molar-refractivity contribution in [1.29, 1.82) is 0 Å². The SMILES string of the molecule is C=C(C)COc1cccc(NC(=O)N(C)[C@@H]2CCN(C3CC3)C2)c1. The number of ether oxygens (including phenoxy) is 1. The van der Waals surface area contributed by atoms with Gasteiger partial charge in [-0.25, -0.2) is 4.79 Å². The van der Waals surface area contributed by atoms with Crippen LogP contribution in [0.25, 0.3) is 0 Å². The Labute approximate surface area is 144 Å². The molecule has 130 valence electrons. The first-order valence-corrected chi connectivity index (χ1v) is 8.68. The normalized spacial score (nSPS) is 20.7. The molecule has 0 aromatic heterocycles. The molecule has 2 fully saturated rings. The van der Waals surface area contributed by atoms with E-state index in [1.54, 1.807) is 0 Å². The number of hydrogen-bond acceptors (Lipinski definition) is 3. The minimum absolute atomic E-state index is 0.0605. The standard InChI is InChI=1S/C19H27N3O2/c1-14(2)13-24-18-6-4-5-15(11-18)20-19(23)21(3)17-9-10-22(12-17)16-7-8-16/h4-6,11,16-17H,1,7-10,12-13H2,2-3H3,(H,20,23)/t17-/m1/s1. The van der Waals surface area contributed by atoms with Gasteiger partial charge >= 0.3 is 6.03 Å². The summed E-state index contributed by atoms with van der Waals surface area (Å²) in [5, 5.41) is 2.97. The smallest absolute Gasteiger partial charge is 0.321 e. The lowest BCUT2D eigenvalue weighted by Gasteiger charge is -2.25. The number of amides is 2. The van der Waals surface area contributed by atoms with E-state index in [1.807, 2.05) is 43.1 Å². The lowest BCUT2D eigenvalue weighted by molar-refractivity contribution is 0.201. The lowest BCUT2D eigenvalue weighted by Crippen LogP contribution is -2.41. The van der Waals surface area contributed by atoms with Crippen molar-refractivity contribution < 1.29 is 9.53 Å². The fraction of sp³-hybridized carbons (Fsp3) is 0.526. The Morgan fingerprint density at radius 3 is 2.92 bits per heavy atom. The van der Waals surface area contributed by atoms with Gasteiger partial charge in [-0.05, 0) is 43.9 Å². The monoisotopic (exact) mass is 329 g/mol. The average Bonchev–Trinajstić information content (AvgIpc) is 3.30. The lowest BCUT2D eigenvalue weighted by atomic mass is 10.2. The fourth-order valence-electron chi connectivity index (χ4n) is 3.10. The Kier molecular flexibility index (Phi) is 5.09. The molecule has 1 heterocycles. The molecule has 0 bridgehead atoms. The van der Waals surface area contributed by atoms with E-state index in [0.29, 0.717) is 12.6 Å². The van der Waals surface area contributed by atoms with Crippen molar-refractivity contribution in [3.63, 3.8) is 0 Å². The van der Waals surface area contributed by atoms with Crippen LogP contribution < -0.4 is 10.1 Å². The van der Waals surface area contributed by atoms with Gasteiger partial charge in [-0.1, -0.05) is 12.6 Å². The van der Waals surface area contributed by atoms with Gasteiger partial charge in [0.15, 0.2) is 0 Å². The van der Waals surface area contributed by atoms with Crippen LogP contribution in [0, 0.1) is 0 Å². The molecule has 0 radical (unpaired) electrons. The number of anilines is 1. The molecular weight excluding hydrogens is 302 g/mol. The Bertz CT molecular complexity index is 612. The Morgan fingerprint density at radius 2 is 2.21 bits per heavy atom. The molecule has 1 saturated carbocycles. The van der Waals surface area contributed by atoms with Crippen LogP contribution in [0.3, 0.4) is 0 Å². The Balaban J connectivity index is 1.53. The number of likely N-dealkylation sites (tertiary alicyclic amines) is 1. The van der Waals surface area contributed by atoms with Gasteiger partial charge in [0.25, 0.3) is 0 Å². The van der Waals surface area contributed by atoms with Gasteiger partial charge in [-0.3, -0.25) is 4.90 Å². The number of carbonyl (C=O) groups is 1. The molecule has 1 aliphatic heterocycles.